The maximum absolute atomic E-state index is 5.44. The fourth-order valence-corrected chi connectivity index (χ4v) is 2.05. The Bertz CT molecular complexity index is 557. The van der Waals surface area contributed by atoms with Crippen LogP contribution in [0.3, 0.4) is 0 Å². The Hall–Kier alpha value is -2.23. The van der Waals surface area contributed by atoms with E-state index in [9.17, 15) is 0 Å². The van der Waals surface area contributed by atoms with E-state index in [1.165, 1.54) is 0 Å². The first-order valence-corrected chi connectivity index (χ1v) is 5.87. The number of hydrogen-bond donors (Lipinski definition) is 0. The van der Waals surface area contributed by atoms with Crippen molar-refractivity contribution < 1.29 is 9.15 Å². The smallest absolute Gasteiger partial charge is 0.175 e. The maximum Gasteiger partial charge on any atom is 0.175 e. The van der Waals surface area contributed by atoms with Crippen LogP contribution in [0.4, 0.5) is 5.69 Å². The zero-order chi connectivity index (χ0) is 12.4. The van der Waals surface area contributed by atoms with Gasteiger partial charge in [0.05, 0.1) is 26.3 Å². The van der Waals surface area contributed by atoms with Gasteiger partial charge in [0.15, 0.2) is 11.5 Å². The normalized spacial score (nSPS) is 14.2. The summed E-state index contributed by atoms with van der Waals surface area (Å²) in [6, 6.07) is 10.0. The molecule has 3 rings (SSSR count). The third-order valence-corrected chi connectivity index (χ3v) is 3.00. The van der Waals surface area contributed by atoms with Crippen molar-refractivity contribution in [1.82, 2.24) is 0 Å². The summed E-state index contributed by atoms with van der Waals surface area (Å²) in [5.41, 5.74) is 2.15. The predicted molar refractivity (Wildman–Crippen MR) is 71.4 cm³/mol. The second-order valence-electron chi connectivity index (χ2n) is 4.08. The Morgan fingerprint density at radius 3 is 2.72 bits per heavy atom. The van der Waals surface area contributed by atoms with E-state index in [0.717, 1.165) is 35.9 Å². The fourth-order valence-electron chi connectivity index (χ4n) is 2.05. The van der Waals surface area contributed by atoms with E-state index in [1.807, 2.05) is 24.5 Å². The molecule has 0 fully saturated rings. The van der Waals surface area contributed by atoms with E-state index in [2.05, 4.69) is 22.0 Å². The van der Waals surface area contributed by atoms with Crippen LogP contribution in [-0.4, -0.2) is 26.5 Å². The quantitative estimate of drug-likeness (QED) is 0.830. The van der Waals surface area contributed by atoms with Gasteiger partial charge in [-0.3, -0.25) is 4.99 Å². The van der Waals surface area contributed by atoms with E-state index in [-0.39, 0.29) is 0 Å². The van der Waals surface area contributed by atoms with E-state index >= 15 is 0 Å². The number of aliphatic imine (C=N–C) groups is 1. The molecule has 0 atom stereocenters. The van der Waals surface area contributed by atoms with Crippen molar-refractivity contribution in [1.29, 1.82) is 0 Å². The molecule has 1 aliphatic heterocycles. The van der Waals surface area contributed by atoms with Gasteiger partial charge in [-0.15, -0.1) is 0 Å². The summed E-state index contributed by atoms with van der Waals surface area (Å²) >= 11 is 0. The molecule has 0 aliphatic carbocycles. The molecule has 2 aromatic rings. The van der Waals surface area contributed by atoms with Crippen molar-refractivity contribution in [3.8, 4) is 17.1 Å². The van der Waals surface area contributed by atoms with Crippen LogP contribution < -0.4 is 9.64 Å². The topological polar surface area (TPSA) is 38.0 Å². The van der Waals surface area contributed by atoms with Crippen LogP contribution in [0.1, 0.15) is 0 Å². The van der Waals surface area contributed by atoms with Gasteiger partial charge in [-0.25, -0.2) is 0 Å². The monoisotopic (exact) mass is 242 g/mol. The molecular formula is C14H14N2O2. The molecule has 1 aromatic heterocycles. The first kappa shape index (κ1) is 10.9. The Morgan fingerprint density at radius 2 is 2.06 bits per heavy atom. The average molecular weight is 242 g/mol. The lowest BCUT2D eigenvalue weighted by Gasteiger charge is -2.13. The van der Waals surface area contributed by atoms with Crippen molar-refractivity contribution in [2.45, 2.75) is 0 Å². The van der Waals surface area contributed by atoms with Gasteiger partial charge in [-0.1, -0.05) is 0 Å². The number of furan rings is 1. The molecule has 0 bridgehead atoms. The highest BCUT2D eigenvalue weighted by atomic mass is 16.5. The minimum absolute atomic E-state index is 0.755. The molecule has 0 saturated heterocycles. The Kier molecular flexibility index (Phi) is 2.76. The zero-order valence-corrected chi connectivity index (χ0v) is 10.2. The molecule has 4 heteroatoms. The molecule has 0 saturated carbocycles. The molecule has 4 nitrogen and oxygen atoms in total. The number of hydrogen-bond acceptors (Lipinski definition) is 4. The standard InChI is InChI=1S/C14H14N2O2/c1-17-13-6-9-18-14(13)11-2-4-12(5-3-11)16-8-7-15-10-16/h2-6,9-10H,7-8H2,1H3. The van der Waals surface area contributed by atoms with Gasteiger partial charge in [0.25, 0.3) is 0 Å². The Morgan fingerprint density at radius 1 is 1.22 bits per heavy atom. The summed E-state index contributed by atoms with van der Waals surface area (Å²) in [7, 11) is 1.64. The lowest BCUT2D eigenvalue weighted by molar-refractivity contribution is 0.410. The third-order valence-electron chi connectivity index (χ3n) is 3.00. The molecule has 0 amide bonds. The molecule has 1 aliphatic rings. The summed E-state index contributed by atoms with van der Waals surface area (Å²) in [6.45, 7) is 1.82. The summed E-state index contributed by atoms with van der Waals surface area (Å²) in [4.78, 5) is 6.33. The maximum atomic E-state index is 5.44. The van der Waals surface area contributed by atoms with Crippen LogP contribution in [0.15, 0.2) is 46.0 Å². The van der Waals surface area contributed by atoms with E-state index in [1.54, 1.807) is 13.4 Å². The van der Waals surface area contributed by atoms with Gasteiger partial charge in [-0.05, 0) is 24.3 Å². The molecule has 18 heavy (non-hydrogen) atoms. The molecule has 0 N–H and O–H groups in total. The average Bonchev–Trinajstić information content (AvgIpc) is 3.10. The highest BCUT2D eigenvalue weighted by Gasteiger charge is 2.11. The second-order valence-corrected chi connectivity index (χ2v) is 4.08. The predicted octanol–water partition coefficient (Wildman–Crippen LogP) is 2.80. The Labute approximate surface area is 106 Å². The number of anilines is 1. The fraction of sp³-hybridized carbons (Fsp3) is 0.214. The van der Waals surface area contributed by atoms with Crippen LogP contribution in [0, 0.1) is 0 Å². The van der Waals surface area contributed by atoms with Gasteiger partial charge in [0.1, 0.15) is 0 Å². The van der Waals surface area contributed by atoms with Gasteiger partial charge in [0, 0.05) is 23.9 Å². The second kappa shape index (κ2) is 4.56. The molecule has 0 unspecified atom stereocenters. The van der Waals surface area contributed by atoms with E-state index < -0.39 is 0 Å². The van der Waals surface area contributed by atoms with Crippen molar-refractivity contribution in [2.24, 2.45) is 4.99 Å². The minimum Gasteiger partial charge on any atom is -0.493 e. The summed E-state index contributed by atoms with van der Waals surface area (Å²) in [6.07, 6.45) is 3.51. The molecule has 92 valence electrons. The first-order valence-electron chi connectivity index (χ1n) is 5.87. The van der Waals surface area contributed by atoms with Gasteiger partial charge in [-0.2, -0.15) is 0 Å². The highest BCUT2D eigenvalue weighted by Crippen LogP contribution is 2.32. The van der Waals surface area contributed by atoms with Gasteiger partial charge < -0.3 is 14.1 Å². The zero-order valence-electron chi connectivity index (χ0n) is 10.2. The van der Waals surface area contributed by atoms with Crippen molar-refractivity contribution in [2.75, 3.05) is 25.1 Å². The molecule has 0 spiro atoms. The highest BCUT2D eigenvalue weighted by molar-refractivity contribution is 5.81. The summed E-state index contributed by atoms with van der Waals surface area (Å²) in [5, 5.41) is 0. The van der Waals surface area contributed by atoms with Gasteiger partial charge in [0.2, 0.25) is 0 Å². The molecule has 2 heterocycles. The lowest BCUT2D eigenvalue weighted by Crippen LogP contribution is -2.17. The molecule has 0 radical (unpaired) electrons. The Balaban J connectivity index is 1.89. The van der Waals surface area contributed by atoms with Crippen LogP contribution in [0.2, 0.25) is 0 Å². The van der Waals surface area contributed by atoms with Crippen LogP contribution in [-0.2, 0) is 0 Å². The molecular weight excluding hydrogens is 228 g/mol. The molecule has 1 aromatic carbocycles. The summed E-state index contributed by atoms with van der Waals surface area (Å²) < 4.78 is 10.7. The SMILES string of the molecule is COc1ccoc1-c1ccc(N2C=NCC2)cc1. The van der Waals surface area contributed by atoms with Crippen molar-refractivity contribution >= 4 is 12.0 Å². The largest absolute Gasteiger partial charge is 0.493 e. The number of benzene rings is 1. The van der Waals surface area contributed by atoms with Crippen LogP contribution in [0.25, 0.3) is 11.3 Å². The minimum atomic E-state index is 0.755. The van der Waals surface area contributed by atoms with Crippen molar-refractivity contribution in [3.05, 3.63) is 36.6 Å². The number of methoxy groups -OCH3 is 1. The van der Waals surface area contributed by atoms with Crippen LogP contribution in [0.5, 0.6) is 5.75 Å². The lowest BCUT2D eigenvalue weighted by atomic mass is 10.1. The summed E-state index contributed by atoms with van der Waals surface area (Å²) in [5.74, 6) is 1.52. The van der Waals surface area contributed by atoms with Gasteiger partial charge >= 0.3 is 0 Å². The van der Waals surface area contributed by atoms with E-state index in [4.69, 9.17) is 9.15 Å². The number of rotatable bonds is 3. The first-order chi connectivity index (χ1) is 8.88. The third kappa shape index (κ3) is 1.86. The number of ether oxygens (including phenoxy) is 1. The number of nitrogens with zero attached hydrogens (tertiary/aromatic N) is 2. The van der Waals surface area contributed by atoms with Crippen LogP contribution >= 0.6 is 0 Å². The van der Waals surface area contributed by atoms with E-state index in [0.29, 0.717) is 0 Å². The van der Waals surface area contributed by atoms with Crippen molar-refractivity contribution in [3.63, 3.8) is 0 Å².